The smallest absolute Gasteiger partial charge is 0.217 e. The molecule has 0 unspecified atom stereocenters. The molecule has 10 atom stereocenters. The lowest BCUT2D eigenvalue weighted by atomic mass is 9.95. The van der Waals surface area contributed by atoms with E-state index in [4.69, 9.17) is 18.9 Å². The number of carbonyl (C=O) groups is 1. The van der Waals surface area contributed by atoms with E-state index in [9.17, 15) is 30.3 Å². The molecule has 152 valence electrons. The van der Waals surface area contributed by atoms with Crippen LogP contribution in [0, 0.1) is 0 Å². The van der Waals surface area contributed by atoms with Crippen molar-refractivity contribution in [1.29, 1.82) is 0 Å². The fourth-order valence-corrected chi connectivity index (χ4v) is 3.10. The van der Waals surface area contributed by atoms with Gasteiger partial charge in [-0.1, -0.05) is 0 Å². The van der Waals surface area contributed by atoms with E-state index in [1.165, 1.54) is 21.0 Å². The third-order valence-corrected chi connectivity index (χ3v) is 4.56. The van der Waals surface area contributed by atoms with Crippen LogP contribution in [-0.4, -0.2) is 107 Å². The highest BCUT2D eigenvalue weighted by molar-refractivity contribution is 5.73. The Bertz CT molecular complexity index is 479. The van der Waals surface area contributed by atoms with Crippen molar-refractivity contribution in [1.82, 2.24) is 5.32 Å². The van der Waals surface area contributed by atoms with Gasteiger partial charge in [0.1, 0.15) is 42.7 Å². The molecular weight excluding hydrogens is 354 g/mol. The molecule has 1 amide bonds. The summed E-state index contributed by atoms with van der Waals surface area (Å²) >= 11 is 0. The number of ether oxygens (including phenoxy) is 4. The third kappa shape index (κ3) is 4.32. The summed E-state index contributed by atoms with van der Waals surface area (Å²) in [5, 5.41) is 52.2. The predicted octanol–water partition coefficient (Wildman–Crippen LogP) is -3.57. The van der Waals surface area contributed by atoms with Crippen LogP contribution in [0.25, 0.3) is 0 Å². The van der Waals surface area contributed by atoms with E-state index in [-0.39, 0.29) is 0 Å². The molecule has 6 N–H and O–H groups in total. The molecule has 26 heavy (non-hydrogen) atoms. The first-order chi connectivity index (χ1) is 12.2. The van der Waals surface area contributed by atoms with Crippen molar-refractivity contribution in [2.45, 2.75) is 75.2 Å². The van der Waals surface area contributed by atoms with E-state index >= 15 is 0 Å². The van der Waals surface area contributed by atoms with Crippen molar-refractivity contribution in [2.75, 3.05) is 13.7 Å². The summed E-state index contributed by atoms with van der Waals surface area (Å²) in [4.78, 5) is 11.5. The molecule has 11 heteroatoms. The van der Waals surface area contributed by atoms with E-state index < -0.39 is 73.9 Å². The van der Waals surface area contributed by atoms with Crippen molar-refractivity contribution in [3.63, 3.8) is 0 Å². The Morgan fingerprint density at radius 1 is 1.04 bits per heavy atom. The molecule has 0 aromatic carbocycles. The molecule has 0 bridgehead atoms. The summed E-state index contributed by atoms with van der Waals surface area (Å²) < 4.78 is 21.6. The van der Waals surface area contributed by atoms with E-state index in [2.05, 4.69) is 5.32 Å². The highest BCUT2D eigenvalue weighted by Crippen LogP contribution is 2.29. The topological polar surface area (TPSA) is 167 Å². The summed E-state index contributed by atoms with van der Waals surface area (Å²) in [7, 11) is 1.32. The van der Waals surface area contributed by atoms with Crippen LogP contribution in [0.5, 0.6) is 0 Å². The average molecular weight is 381 g/mol. The van der Waals surface area contributed by atoms with Gasteiger partial charge in [-0.2, -0.15) is 0 Å². The molecule has 0 radical (unpaired) electrons. The second-order valence-electron chi connectivity index (χ2n) is 6.46. The van der Waals surface area contributed by atoms with Gasteiger partial charge in [-0.05, 0) is 6.92 Å². The van der Waals surface area contributed by atoms with Gasteiger partial charge >= 0.3 is 0 Å². The maximum atomic E-state index is 11.5. The Labute approximate surface area is 150 Å². The van der Waals surface area contributed by atoms with Gasteiger partial charge in [0.05, 0.1) is 12.7 Å². The van der Waals surface area contributed by atoms with Crippen LogP contribution in [0.2, 0.25) is 0 Å². The van der Waals surface area contributed by atoms with Crippen molar-refractivity contribution >= 4 is 5.91 Å². The monoisotopic (exact) mass is 381 g/mol. The SMILES string of the molecule is CO[C@@H]1O[C@H](CO)[C@H](O)[C@H](O[C@@H]2O[C@H](C)[C@H](O)[C@H](O)[C@@H]2O)[C@H]1NC(C)=O. The summed E-state index contributed by atoms with van der Waals surface area (Å²) in [6, 6.07) is -0.981. The molecule has 2 saturated heterocycles. The van der Waals surface area contributed by atoms with Crippen LogP contribution in [0.4, 0.5) is 0 Å². The largest absolute Gasteiger partial charge is 0.394 e. The highest BCUT2D eigenvalue weighted by atomic mass is 16.7. The first kappa shape index (κ1) is 21.4. The molecule has 0 aliphatic carbocycles. The van der Waals surface area contributed by atoms with Crippen LogP contribution in [-0.2, 0) is 23.7 Å². The van der Waals surface area contributed by atoms with Crippen molar-refractivity contribution in [2.24, 2.45) is 0 Å². The number of carbonyl (C=O) groups excluding carboxylic acids is 1. The van der Waals surface area contributed by atoms with E-state index in [0.29, 0.717) is 0 Å². The molecule has 2 aliphatic heterocycles. The lowest BCUT2D eigenvalue weighted by molar-refractivity contribution is -0.339. The van der Waals surface area contributed by atoms with E-state index in [0.717, 1.165) is 0 Å². The molecule has 0 spiro atoms. The van der Waals surface area contributed by atoms with Gasteiger partial charge < -0.3 is 49.8 Å². The van der Waals surface area contributed by atoms with Crippen LogP contribution in [0.1, 0.15) is 13.8 Å². The highest BCUT2D eigenvalue weighted by Gasteiger charge is 2.50. The second-order valence-corrected chi connectivity index (χ2v) is 6.46. The quantitative estimate of drug-likeness (QED) is 0.280. The van der Waals surface area contributed by atoms with Gasteiger partial charge in [-0.25, -0.2) is 0 Å². The van der Waals surface area contributed by atoms with Crippen molar-refractivity contribution in [3.8, 4) is 0 Å². The van der Waals surface area contributed by atoms with E-state index in [1.807, 2.05) is 0 Å². The molecular formula is C15H27NO10. The zero-order chi connectivity index (χ0) is 19.6. The number of aliphatic hydroxyl groups is 5. The number of rotatable bonds is 5. The molecule has 2 aliphatic rings. The minimum atomic E-state index is -1.59. The van der Waals surface area contributed by atoms with Gasteiger partial charge in [-0.15, -0.1) is 0 Å². The summed E-state index contributed by atoms with van der Waals surface area (Å²) in [6.45, 7) is 2.19. The molecule has 0 aromatic rings. The predicted molar refractivity (Wildman–Crippen MR) is 83.6 cm³/mol. The van der Waals surface area contributed by atoms with Gasteiger partial charge in [0.15, 0.2) is 12.6 Å². The van der Waals surface area contributed by atoms with Crippen LogP contribution >= 0.6 is 0 Å². The minimum absolute atomic E-state index is 0.446. The number of hydrogen-bond donors (Lipinski definition) is 6. The fraction of sp³-hybridized carbons (Fsp3) is 0.933. The maximum Gasteiger partial charge on any atom is 0.217 e. The number of nitrogens with one attached hydrogen (secondary N) is 1. The Morgan fingerprint density at radius 3 is 2.23 bits per heavy atom. The van der Waals surface area contributed by atoms with Crippen LogP contribution in [0.15, 0.2) is 0 Å². The Hall–Kier alpha value is -0.890. The van der Waals surface area contributed by atoms with Gasteiger partial charge in [0.2, 0.25) is 5.91 Å². The summed E-state index contributed by atoms with van der Waals surface area (Å²) in [5.74, 6) is -0.446. The Balaban J connectivity index is 2.23. The summed E-state index contributed by atoms with van der Waals surface area (Å²) in [6.07, 6.45) is -11.4. The van der Waals surface area contributed by atoms with Gasteiger partial charge in [-0.3, -0.25) is 4.79 Å². The van der Waals surface area contributed by atoms with Crippen molar-refractivity contribution < 1.29 is 49.3 Å². The Kier molecular flexibility index (Phi) is 7.30. The molecule has 2 heterocycles. The number of methoxy groups -OCH3 is 1. The maximum absolute atomic E-state index is 11.5. The zero-order valence-corrected chi connectivity index (χ0v) is 14.8. The van der Waals surface area contributed by atoms with Gasteiger partial charge in [0.25, 0.3) is 0 Å². The summed E-state index contributed by atoms with van der Waals surface area (Å²) in [5.41, 5.74) is 0. The van der Waals surface area contributed by atoms with Crippen LogP contribution in [0.3, 0.4) is 0 Å². The van der Waals surface area contributed by atoms with Crippen LogP contribution < -0.4 is 5.32 Å². The molecule has 2 rings (SSSR count). The first-order valence-corrected chi connectivity index (χ1v) is 8.30. The van der Waals surface area contributed by atoms with Gasteiger partial charge in [0, 0.05) is 14.0 Å². The zero-order valence-electron chi connectivity index (χ0n) is 14.8. The number of amides is 1. The fourth-order valence-electron chi connectivity index (χ4n) is 3.10. The number of aliphatic hydroxyl groups excluding tert-OH is 5. The second kappa shape index (κ2) is 8.87. The molecule has 0 aromatic heterocycles. The standard InChI is InChI=1S/C15H27NO10/c1-5-9(19)11(21)12(22)15(24-5)26-13-8(16-6(2)18)14(23-3)25-7(4-17)10(13)20/h5,7-15,17,19-22H,4H2,1-3H3,(H,16,18)/t5-,7-,8-,9+,10+,11+,12+,13-,14-,15+/m1/s1. The molecule has 11 nitrogen and oxygen atoms in total. The number of hydrogen-bond acceptors (Lipinski definition) is 10. The van der Waals surface area contributed by atoms with Crippen molar-refractivity contribution in [3.05, 3.63) is 0 Å². The average Bonchev–Trinajstić information content (AvgIpc) is 2.60. The Morgan fingerprint density at radius 2 is 1.69 bits per heavy atom. The normalized spacial score (nSPS) is 46.8. The first-order valence-electron chi connectivity index (χ1n) is 8.30. The third-order valence-electron chi connectivity index (χ3n) is 4.56. The molecule has 2 fully saturated rings. The molecule has 0 saturated carbocycles. The van der Waals surface area contributed by atoms with E-state index in [1.54, 1.807) is 0 Å². The lowest BCUT2D eigenvalue weighted by Gasteiger charge is -2.47. The lowest BCUT2D eigenvalue weighted by Crippen LogP contribution is -2.67. The minimum Gasteiger partial charge on any atom is -0.394 e.